The lowest BCUT2D eigenvalue weighted by Crippen LogP contribution is -2.52. The summed E-state index contributed by atoms with van der Waals surface area (Å²) in [7, 11) is 0. The van der Waals surface area contributed by atoms with Gasteiger partial charge in [0.1, 0.15) is 6.04 Å². The Labute approximate surface area is 184 Å². The first-order valence-electron chi connectivity index (χ1n) is 11.5. The molecule has 1 saturated heterocycles. The molecular formula is C26H31NO4. The van der Waals surface area contributed by atoms with Crippen molar-refractivity contribution in [2.45, 2.75) is 56.4 Å². The fourth-order valence-electron chi connectivity index (χ4n) is 5.95. The summed E-state index contributed by atoms with van der Waals surface area (Å²) in [4.78, 5) is 12.9. The summed E-state index contributed by atoms with van der Waals surface area (Å²) in [5.41, 5.74) is 3.92. The lowest BCUT2D eigenvalue weighted by Gasteiger charge is -2.53. The number of ether oxygens (including phenoxy) is 3. The maximum Gasteiger partial charge on any atom is 0.323 e. The Bertz CT molecular complexity index is 909. The largest absolute Gasteiger partial charge is 0.465 e. The summed E-state index contributed by atoms with van der Waals surface area (Å²) >= 11 is 0. The molecule has 0 amide bonds. The number of esters is 1. The first-order chi connectivity index (χ1) is 15.2. The van der Waals surface area contributed by atoms with E-state index in [1.54, 1.807) is 0 Å². The molecule has 3 aliphatic carbocycles. The molecule has 1 heterocycles. The third-order valence-corrected chi connectivity index (χ3v) is 7.12. The van der Waals surface area contributed by atoms with Crippen molar-refractivity contribution in [3.63, 3.8) is 0 Å². The molecule has 1 unspecified atom stereocenters. The molecule has 4 aliphatic rings. The van der Waals surface area contributed by atoms with E-state index in [-0.39, 0.29) is 17.9 Å². The van der Waals surface area contributed by atoms with Crippen LogP contribution in [0.1, 0.15) is 54.7 Å². The standard InChI is InChI=1S/C26H31NO4/c1-2-29-25(28)23(27-17-18-8-4-3-5-9-18)15-19-14-20-16-26(30-12-13-31-26)24(19)22-11-7-6-10-21(20)22/h3-11,19-20,23-24,27H,2,12-17H2,1H3/t19-,20-,23?,24-/m1/s1. The van der Waals surface area contributed by atoms with E-state index < -0.39 is 5.79 Å². The van der Waals surface area contributed by atoms with Gasteiger partial charge in [0.25, 0.3) is 0 Å². The van der Waals surface area contributed by atoms with Crippen LogP contribution in [-0.2, 0) is 25.5 Å². The third kappa shape index (κ3) is 3.91. The van der Waals surface area contributed by atoms with Gasteiger partial charge in [0.05, 0.1) is 19.8 Å². The van der Waals surface area contributed by atoms with Crippen LogP contribution in [0.4, 0.5) is 0 Å². The van der Waals surface area contributed by atoms with Gasteiger partial charge in [-0.1, -0.05) is 54.6 Å². The van der Waals surface area contributed by atoms with Crippen LogP contribution in [0.3, 0.4) is 0 Å². The minimum Gasteiger partial charge on any atom is -0.465 e. The van der Waals surface area contributed by atoms with Crippen LogP contribution in [0.2, 0.25) is 0 Å². The Morgan fingerprint density at radius 1 is 1.10 bits per heavy atom. The fourth-order valence-corrected chi connectivity index (χ4v) is 5.95. The van der Waals surface area contributed by atoms with Crippen molar-refractivity contribution >= 4 is 5.97 Å². The summed E-state index contributed by atoms with van der Waals surface area (Å²) in [6.45, 7) is 4.18. The van der Waals surface area contributed by atoms with Gasteiger partial charge in [0, 0.05) is 18.9 Å². The molecule has 31 heavy (non-hydrogen) atoms. The molecule has 1 saturated carbocycles. The molecule has 2 bridgehead atoms. The maximum atomic E-state index is 12.9. The van der Waals surface area contributed by atoms with Gasteiger partial charge < -0.3 is 19.5 Å². The van der Waals surface area contributed by atoms with Crippen molar-refractivity contribution in [2.75, 3.05) is 19.8 Å². The van der Waals surface area contributed by atoms with Crippen molar-refractivity contribution in [1.82, 2.24) is 5.32 Å². The highest BCUT2D eigenvalue weighted by atomic mass is 16.7. The monoisotopic (exact) mass is 421 g/mol. The second kappa shape index (κ2) is 8.73. The van der Waals surface area contributed by atoms with Crippen molar-refractivity contribution < 1.29 is 19.0 Å². The van der Waals surface area contributed by atoms with Gasteiger partial charge >= 0.3 is 5.97 Å². The second-order valence-corrected chi connectivity index (χ2v) is 8.92. The van der Waals surface area contributed by atoms with Gasteiger partial charge in [-0.2, -0.15) is 0 Å². The molecule has 0 aromatic heterocycles. The highest BCUT2D eigenvalue weighted by Gasteiger charge is 2.58. The zero-order valence-corrected chi connectivity index (χ0v) is 18.1. The normalized spacial score (nSPS) is 26.5. The number of carbonyl (C=O) groups is 1. The van der Waals surface area contributed by atoms with Gasteiger partial charge in [0.2, 0.25) is 0 Å². The van der Waals surface area contributed by atoms with Crippen molar-refractivity contribution in [3.05, 3.63) is 71.3 Å². The van der Waals surface area contributed by atoms with E-state index in [2.05, 4.69) is 41.7 Å². The van der Waals surface area contributed by atoms with Crippen LogP contribution in [0.5, 0.6) is 0 Å². The van der Waals surface area contributed by atoms with E-state index in [9.17, 15) is 4.79 Å². The maximum absolute atomic E-state index is 12.9. The van der Waals surface area contributed by atoms with Crippen LogP contribution in [0.25, 0.3) is 0 Å². The minimum absolute atomic E-state index is 0.145. The number of rotatable bonds is 7. The van der Waals surface area contributed by atoms with E-state index in [0.717, 1.165) is 24.8 Å². The molecule has 0 radical (unpaired) electrons. The van der Waals surface area contributed by atoms with Crippen molar-refractivity contribution in [1.29, 1.82) is 0 Å². The molecule has 1 aliphatic heterocycles. The average molecular weight is 422 g/mol. The fraction of sp³-hybridized carbons (Fsp3) is 0.500. The van der Waals surface area contributed by atoms with Gasteiger partial charge in [-0.05, 0) is 48.3 Å². The SMILES string of the molecule is CCOC(=O)C(C[C@H]1C[C@@H]2CC3(OCCO3)[C@H]1c1ccccc12)NCc1ccccc1. The van der Waals surface area contributed by atoms with Crippen LogP contribution in [-0.4, -0.2) is 37.6 Å². The second-order valence-electron chi connectivity index (χ2n) is 8.92. The first-order valence-corrected chi connectivity index (χ1v) is 11.5. The Morgan fingerprint density at radius 2 is 1.81 bits per heavy atom. The topological polar surface area (TPSA) is 56.8 Å². The molecular weight excluding hydrogens is 390 g/mol. The highest BCUT2D eigenvalue weighted by molar-refractivity contribution is 5.75. The minimum atomic E-state index is -0.541. The highest BCUT2D eigenvalue weighted by Crippen LogP contribution is 2.60. The Kier molecular flexibility index (Phi) is 5.83. The Hall–Kier alpha value is -2.21. The number of hydrogen-bond donors (Lipinski definition) is 1. The predicted octanol–water partition coefficient (Wildman–Crippen LogP) is 4.13. The molecule has 1 N–H and O–H groups in total. The molecule has 2 aromatic carbocycles. The lowest BCUT2D eigenvalue weighted by atomic mass is 9.57. The predicted molar refractivity (Wildman–Crippen MR) is 118 cm³/mol. The quantitative estimate of drug-likeness (QED) is 0.681. The average Bonchev–Trinajstić information content (AvgIpc) is 3.25. The van der Waals surface area contributed by atoms with E-state index in [1.165, 1.54) is 11.1 Å². The Balaban J connectivity index is 1.40. The summed E-state index contributed by atoms with van der Waals surface area (Å²) < 4.78 is 18.0. The first kappa shape index (κ1) is 20.7. The number of carbonyl (C=O) groups excluding carboxylic acids is 1. The molecule has 5 nitrogen and oxygen atoms in total. The summed E-state index contributed by atoms with van der Waals surface area (Å²) in [5.74, 6) is 0.133. The summed E-state index contributed by atoms with van der Waals surface area (Å²) in [6.07, 6.45) is 2.68. The van der Waals surface area contributed by atoms with Gasteiger partial charge in [-0.15, -0.1) is 0 Å². The van der Waals surface area contributed by atoms with Gasteiger partial charge in [-0.3, -0.25) is 4.79 Å². The number of nitrogens with one attached hydrogen (secondary N) is 1. The smallest absolute Gasteiger partial charge is 0.323 e. The van der Waals surface area contributed by atoms with E-state index in [0.29, 0.717) is 38.2 Å². The van der Waals surface area contributed by atoms with E-state index in [4.69, 9.17) is 14.2 Å². The summed E-state index contributed by atoms with van der Waals surface area (Å²) in [5, 5.41) is 3.47. The molecule has 4 atom stereocenters. The Morgan fingerprint density at radius 3 is 2.55 bits per heavy atom. The number of benzene rings is 2. The lowest BCUT2D eigenvalue weighted by molar-refractivity contribution is -0.214. The van der Waals surface area contributed by atoms with E-state index in [1.807, 2.05) is 25.1 Å². The zero-order chi connectivity index (χ0) is 21.3. The van der Waals surface area contributed by atoms with Crippen LogP contribution in [0, 0.1) is 5.92 Å². The molecule has 2 aromatic rings. The van der Waals surface area contributed by atoms with Gasteiger partial charge in [-0.25, -0.2) is 0 Å². The third-order valence-electron chi connectivity index (χ3n) is 7.12. The van der Waals surface area contributed by atoms with E-state index >= 15 is 0 Å². The van der Waals surface area contributed by atoms with Crippen LogP contribution >= 0.6 is 0 Å². The van der Waals surface area contributed by atoms with Gasteiger partial charge in [0.15, 0.2) is 5.79 Å². The van der Waals surface area contributed by atoms with Crippen LogP contribution < -0.4 is 5.32 Å². The zero-order valence-electron chi connectivity index (χ0n) is 18.1. The molecule has 6 rings (SSSR count). The number of hydrogen-bond acceptors (Lipinski definition) is 5. The molecule has 164 valence electrons. The molecule has 5 heteroatoms. The van der Waals surface area contributed by atoms with Crippen LogP contribution in [0.15, 0.2) is 54.6 Å². The number of fused-ring (bicyclic) bond motifs is 1. The molecule has 2 fully saturated rings. The van der Waals surface area contributed by atoms with Crippen molar-refractivity contribution in [3.8, 4) is 0 Å². The van der Waals surface area contributed by atoms with Crippen molar-refractivity contribution in [2.24, 2.45) is 5.92 Å². The molecule has 1 spiro atoms. The summed E-state index contributed by atoms with van der Waals surface area (Å²) in [6, 6.07) is 18.5.